The number of halogens is 2. The van der Waals surface area contributed by atoms with Crippen LogP contribution in [0.2, 0.25) is 10.0 Å². The first-order valence-corrected chi connectivity index (χ1v) is 9.22. The number of nitrogens with zero attached hydrogens (tertiary/aromatic N) is 1. The van der Waals surface area contributed by atoms with Crippen molar-refractivity contribution in [2.45, 2.75) is 18.9 Å². The van der Waals surface area contributed by atoms with Gasteiger partial charge in [-0.1, -0.05) is 23.2 Å². The van der Waals surface area contributed by atoms with Crippen LogP contribution >= 0.6 is 23.2 Å². The van der Waals surface area contributed by atoms with Crippen molar-refractivity contribution >= 4 is 40.8 Å². The Morgan fingerprint density at radius 3 is 2.62 bits per heavy atom. The number of carboxylic acid groups (broad SMARTS) is 1. The van der Waals surface area contributed by atoms with Gasteiger partial charge in [-0.25, -0.2) is 0 Å². The molecule has 0 unspecified atom stereocenters. The lowest BCUT2D eigenvalue weighted by molar-refractivity contribution is -0.141. The van der Waals surface area contributed by atoms with Crippen molar-refractivity contribution in [1.82, 2.24) is 10.2 Å². The maximum Gasteiger partial charge on any atom is 0.321 e. The van der Waals surface area contributed by atoms with Gasteiger partial charge in [-0.05, 0) is 37.7 Å². The second-order valence-electron chi connectivity index (χ2n) is 6.03. The fourth-order valence-electron chi connectivity index (χ4n) is 2.62. The van der Waals surface area contributed by atoms with Crippen LogP contribution in [0.5, 0.6) is 0 Å². The highest BCUT2D eigenvalue weighted by Crippen LogP contribution is 2.25. The number of carbonyl (C=O) groups is 2. The summed E-state index contributed by atoms with van der Waals surface area (Å²) in [6.45, 7) is 4.66. The van der Waals surface area contributed by atoms with Crippen LogP contribution in [0.25, 0.3) is 0 Å². The van der Waals surface area contributed by atoms with Crippen LogP contribution in [0.4, 0.5) is 5.69 Å². The number of morpholine rings is 1. The van der Waals surface area contributed by atoms with Gasteiger partial charge in [-0.15, -0.1) is 0 Å². The Morgan fingerprint density at radius 1 is 1.23 bits per heavy atom. The number of benzene rings is 1. The predicted molar refractivity (Wildman–Crippen MR) is 101 cm³/mol. The summed E-state index contributed by atoms with van der Waals surface area (Å²) in [5.41, 5.74) is 0.473. The van der Waals surface area contributed by atoms with E-state index in [1.54, 1.807) is 12.1 Å². The minimum atomic E-state index is -1.05. The van der Waals surface area contributed by atoms with E-state index in [-0.39, 0.29) is 6.42 Å². The predicted octanol–water partition coefficient (Wildman–Crippen LogP) is 2.09. The van der Waals surface area contributed by atoms with Crippen molar-refractivity contribution in [3.63, 3.8) is 0 Å². The molecule has 1 atom stereocenters. The molecule has 2 rings (SSSR count). The van der Waals surface area contributed by atoms with E-state index in [1.807, 2.05) is 0 Å². The van der Waals surface area contributed by atoms with Crippen LogP contribution in [0.1, 0.15) is 12.8 Å². The van der Waals surface area contributed by atoms with Gasteiger partial charge in [-0.3, -0.25) is 14.5 Å². The summed E-state index contributed by atoms with van der Waals surface area (Å²) >= 11 is 11.7. The molecule has 144 valence electrons. The molecule has 3 N–H and O–H groups in total. The summed E-state index contributed by atoms with van der Waals surface area (Å²) in [4.78, 5) is 25.7. The first-order valence-electron chi connectivity index (χ1n) is 8.47. The fraction of sp³-hybridized carbons (Fsp3) is 0.529. The van der Waals surface area contributed by atoms with Crippen LogP contribution in [0, 0.1) is 0 Å². The molecule has 1 fully saturated rings. The lowest BCUT2D eigenvalue weighted by Crippen LogP contribution is -2.42. The van der Waals surface area contributed by atoms with Gasteiger partial charge < -0.3 is 20.5 Å². The molecule has 9 heteroatoms. The fourth-order valence-corrected chi connectivity index (χ4v) is 2.92. The maximum absolute atomic E-state index is 12.1. The third-order valence-electron chi connectivity index (χ3n) is 4.04. The number of aliphatic carboxylic acids is 1. The lowest BCUT2D eigenvalue weighted by atomic mass is 10.2. The molecular formula is C17H23Cl2N3O4. The maximum atomic E-state index is 12.1. The first kappa shape index (κ1) is 20.9. The van der Waals surface area contributed by atoms with Crippen LogP contribution in [-0.2, 0) is 14.3 Å². The highest BCUT2D eigenvalue weighted by atomic mass is 35.5. The van der Waals surface area contributed by atoms with Crippen molar-refractivity contribution in [2.75, 3.05) is 44.7 Å². The Kier molecular flexibility index (Phi) is 8.61. The van der Waals surface area contributed by atoms with Crippen LogP contribution in [0.15, 0.2) is 18.2 Å². The Balaban J connectivity index is 1.74. The average molecular weight is 404 g/mol. The second-order valence-corrected chi connectivity index (χ2v) is 6.85. The summed E-state index contributed by atoms with van der Waals surface area (Å²) in [6, 6.07) is 3.76. The molecule has 0 spiro atoms. The second kappa shape index (κ2) is 10.7. The summed E-state index contributed by atoms with van der Waals surface area (Å²) in [5.74, 6) is -1.46. The van der Waals surface area contributed by atoms with Crippen molar-refractivity contribution < 1.29 is 19.4 Å². The van der Waals surface area contributed by atoms with E-state index in [0.29, 0.717) is 22.3 Å². The molecule has 1 heterocycles. The molecule has 1 aromatic rings. The molecule has 1 aliphatic rings. The number of hydrogen-bond acceptors (Lipinski definition) is 5. The number of anilines is 1. The number of ether oxygens (including phenoxy) is 1. The molecule has 7 nitrogen and oxygen atoms in total. The van der Waals surface area contributed by atoms with Crippen molar-refractivity contribution in [1.29, 1.82) is 0 Å². The van der Waals surface area contributed by atoms with E-state index in [4.69, 9.17) is 27.9 Å². The highest BCUT2D eigenvalue weighted by molar-refractivity contribution is 6.42. The number of hydrogen-bond donors (Lipinski definition) is 3. The van der Waals surface area contributed by atoms with Gasteiger partial charge in [0.2, 0.25) is 5.91 Å². The van der Waals surface area contributed by atoms with Gasteiger partial charge >= 0.3 is 5.97 Å². The van der Waals surface area contributed by atoms with Gasteiger partial charge in [0.15, 0.2) is 0 Å². The molecule has 0 radical (unpaired) electrons. The zero-order chi connectivity index (χ0) is 18.9. The Morgan fingerprint density at radius 2 is 1.96 bits per heavy atom. The van der Waals surface area contributed by atoms with E-state index < -0.39 is 17.9 Å². The molecule has 0 aliphatic carbocycles. The van der Waals surface area contributed by atoms with Gasteiger partial charge in [0.05, 0.1) is 29.7 Å². The normalized spacial score (nSPS) is 16.2. The number of rotatable bonds is 9. The molecule has 1 aliphatic heterocycles. The molecule has 0 saturated carbocycles. The van der Waals surface area contributed by atoms with Gasteiger partial charge in [0.1, 0.15) is 6.04 Å². The van der Waals surface area contributed by atoms with Gasteiger partial charge in [0.25, 0.3) is 0 Å². The summed E-state index contributed by atoms with van der Waals surface area (Å²) < 4.78 is 5.29. The molecule has 1 aromatic carbocycles. The first-order chi connectivity index (χ1) is 12.5. The van der Waals surface area contributed by atoms with Crippen LogP contribution < -0.4 is 10.6 Å². The Bertz CT molecular complexity index is 624. The SMILES string of the molecule is O=C(C[C@H](NCCCN1CCOCC1)C(=O)O)Nc1ccc(Cl)c(Cl)c1. The van der Waals surface area contributed by atoms with E-state index in [2.05, 4.69) is 15.5 Å². The van der Waals surface area contributed by atoms with Crippen LogP contribution in [-0.4, -0.2) is 67.3 Å². The summed E-state index contributed by atoms with van der Waals surface area (Å²) in [5, 5.41) is 15.6. The number of carboxylic acids is 1. The van der Waals surface area contributed by atoms with Crippen molar-refractivity contribution in [2.24, 2.45) is 0 Å². The van der Waals surface area contributed by atoms with E-state index in [1.165, 1.54) is 6.07 Å². The average Bonchev–Trinajstić information content (AvgIpc) is 2.61. The molecule has 1 amide bonds. The molecule has 1 saturated heterocycles. The molecule has 0 aromatic heterocycles. The van der Waals surface area contributed by atoms with E-state index >= 15 is 0 Å². The van der Waals surface area contributed by atoms with Crippen LogP contribution in [0.3, 0.4) is 0 Å². The van der Waals surface area contributed by atoms with E-state index in [9.17, 15) is 14.7 Å². The van der Waals surface area contributed by atoms with Crippen molar-refractivity contribution in [3.05, 3.63) is 28.2 Å². The summed E-state index contributed by atoms with van der Waals surface area (Å²) in [6.07, 6.45) is 0.630. The van der Waals surface area contributed by atoms with Gasteiger partial charge in [-0.2, -0.15) is 0 Å². The largest absolute Gasteiger partial charge is 0.480 e. The number of amides is 1. The molecule has 26 heavy (non-hydrogen) atoms. The quantitative estimate of drug-likeness (QED) is 0.546. The van der Waals surface area contributed by atoms with E-state index in [0.717, 1.165) is 39.3 Å². The third kappa shape index (κ3) is 7.09. The zero-order valence-corrected chi connectivity index (χ0v) is 15.9. The molecule has 0 bridgehead atoms. The van der Waals surface area contributed by atoms with Crippen molar-refractivity contribution in [3.8, 4) is 0 Å². The minimum Gasteiger partial charge on any atom is -0.480 e. The molecular weight excluding hydrogens is 381 g/mol. The third-order valence-corrected chi connectivity index (χ3v) is 4.78. The summed E-state index contributed by atoms with van der Waals surface area (Å²) in [7, 11) is 0. The number of carbonyl (C=O) groups excluding carboxylic acids is 1. The topological polar surface area (TPSA) is 90.9 Å². The minimum absolute atomic E-state index is 0.173. The lowest BCUT2D eigenvalue weighted by Gasteiger charge is -2.26. The standard InChI is InChI=1S/C17H23Cl2N3O4/c18-13-3-2-12(10-14(13)19)21-16(23)11-15(17(24)25)20-4-1-5-22-6-8-26-9-7-22/h2-3,10,15,20H,1,4-9,11H2,(H,21,23)(H,24,25)/t15-/m0/s1. The Hall–Kier alpha value is -1.38. The Labute approximate surface area is 162 Å². The number of nitrogens with one attached hydrogen (secondary N) is 2. The van der Waals surface area contributed by atoms with Gasteiger partial charge in [0, 0.05) is 18.8 Å². The zero-order valence-electron chi connectivity index (χ0n) is 14.3. The monoisotopic (exact) mass is 403 g/mol. The smallest absolute Gasteiger partial charge is 0.321 e. The highest BCUT2D eigenvalue weighted by Gasteiger charge is 2.21.